The van der Waals surface area contributed by atoms with E-state index in [4.69, 9.17) is 0 Å². The summed E-state index contributed by atoms with van der Waals surface area (Å²) in [5, 5.41) is 2.65. The molecule has 0 aromatic heterocycles. The molecule has 0 saturated heterocycles. The van der Waals surface area contributed by atoms with Crippen LogP contribution < -0.4 is 10.6 Å². The highest BCUT2D eigenvalue weighted by Crippen LogP contribution is 2.63. The van der Waals surface area contributed by atoms with E-state index >= 15 is 0 Å². The van der Waals surface area contributed by atoms with E-state index in [1.807, 2.05) is 60.7 Å². The fraction of sp³-hybridized carbons (Fsp3) is 0.300. The smallest absolute Gasteiger partial charge is 0.150 e. The first-order valence-electron chi connectivity index (χ1n) is 8.40. The minimum Gasteiger partial charge on any atom is -0.320 e. The van der Waals surface area contributed by atoms with Crippen molar-refractivity contribution in [3.8, 4) is 0 Å². The lowest BCUT2D eigenvalue weighted by atomic mass is 10.1. The molecular weight excluding hydrogens is 334 g/mol. The van der Waals surface area contributed by atoms with Gasteiger partial charge < -0.3 is 9.13 Å². The molecule has 0 fully saturated rings. The maximum absolute atomic E-state index is 14.5. The van der Waals surface area contributed by atoms with E-state index in [1.54, 1.807) is 13.3 Å². The molecule has 1 aliphatic carbocycles. The summed E-state index contributed by atoms with van der Waals surface area (Å²) in [7, 11) is -5.34. The average Bonchev–Trinajstić information content (AvgIpc) is 2.62. The zero-order valence-corrected chi connectivity index (χ0v) is 16.0. The molecule has 0 amide bonds. The molecule has 2 nitrogen and oxygen atoms in total. The molecule has 0 bridgehead atoms. The van der Waals surface area contributed by atoms with Crippen LogP contribution in [-0.4, -0.2) is 19.0 Å². The third-order valence-corrected chi connectivity index (χ3v) is 10.2. The van der Waals surface area contributed by atoms with E-state index in [0.29, 0.717) is 0 Å². The number of benzene rings is 2. The van der Waals surface area contributed by atoms with Crippen molar-refractivity contribution >= 4 is 24.9 Å². The van der Waals surface area contributed by atoms with Crippen molar-refractivity contribution in [1.29, 1.82) is 0 Å². The van der Waals surface area contributed by atoms with Gasteiger partial charge in [0.05, 0.1) is 0 Å². The number of rotatable bonds is 4. The molecule has 24 heavy (non-hydrogen) atoms. The van der Waals surface area contributed by atoms with Crippen LogP contribution in [0.4, 0.5) is 0 Å². The Morgan fingerprint density at radius 2 is 1.33 bits per heavy atom. The quantitative estimate of drug-likeness (QED) is 0.716. The molecule has 0 spiro atoms. The summed E-state index contributed by atoms with van der Waals surface area (Å²) in [5.74, 6) is 0. The van der Waals surface area contributed by atoms with Crippen molar-refractivity contribution in [3.05, 3.63) is 72.1 Å². The maximum atomic E-state index is 14.5. The Morgan fingerprint density at radius 1 is 0.833 bits per heavy atom. The minimum absolute atomic E-state index is 0.156. The van der Waals surface area contributed by atoms with Crippen LogP contribution >= 0.6 is 14.3 Å². The molecule has 2 aromatic carbocycles. The molecule has 0 radical (unpaired) electrons. The van der Waals surface area contributed by atoms with Gasteiger partial charge in [-0.1, -0.05) is 66.7 Å². The summed E-state index contributed by atoms with van der Waals surface area (Å²) in [6, 6.07) is 19.5. The average molecular weight is 358 g/mol. The monoisotopic (exact) mass is 358 g/mol. The maximum Gasteiger partial charge on any atom is 0.150 e. The first kappa shape index (κ1) is 17.5. The van der Waals surface area contributed by atoms with Crippen LogP contribution in [-0.2, 0) is 9.13 Å². The lowest BCUT2D eigenvalue weighted by molar-refractivity contribution is 0.567. The van der Waals surface area contributed by atoms with Crippen molar-refractivity contribution < 1.29 is 9.13 Å². The van der Waals surface area contributed by atoms with E-state index in [0.717, 1.165) is 35.2 Å². The predicted molar refractivity (Wildman–Crippen MR) is 105 cm³/mol. The van der Waals surface area contributed by atoms with Gasteiger partial charge in [0.1, 0.15) is 7.14 Å². The van der Waals surface area contributed by atoms with Crippen molar-refractivity contribution in [3.63, 3.8) is 0 Å². The van der Waals surface area contributed by atoms with Crippen molar-refractivity contribution in [1.82, 2.24) is 0 Å². The van der Waals surface area contributed by atoms with Gasteiger partial charge in [0.15, 0.2) is 7.14 Å². The predicted octanol–water partition coefficient (Wildman–Crippen LogP) is 5.06. The fourth-order valence-electron chi connectivity index (χ4n) is 3.60. The van der Waals surface area contributed by atoms with Crippen LogP contribution in [0.25, 0.3) is 0 Å². The Balaban J connectivity index is 2.23. The molecular formula is C20H24O2P2. The summed E-state index contributed by atoms with van der Waals surface area (Å²) in [4.78, 5) is 0. The Hall–Kier alpha value is -1.36. The molecule has 2 aromatic rings. The second-order valence-corrected chi connectivity index (χ2v) is 12.9. The van der Waals surface area contributed by atoms with Crippen molar-refractivity contribution in [2.45, 2.75) is 24.9 Å². The summed E-state index contributed by atoms with van der Waals surface area (Å²) in [6.07, 6.45) is 4.85. The second kappa shape index (κ2) is 6.87. The highest BCUT2D eigenvalue weighted by molar-refractivity contribution is 7.81. The molecule has 1 atom stereocenters. The largest absolute Gasteiger partial charge is 0.320 e. The fourth-order valence-corrected chi connectivity index (χ4v) is 9.61. The highest BCUT2D eigenvalue weighted by atomic mass is 31.2. The van der Waals surface area contributed by atoms with Gasteiger partial charge in [-0.2, -0.15) is 0 Å². The normalized spacial score (nSPS) is 18.9. The van der Waals surface area contributed by atoms with Gasteiger partial charge >= 0.3 is 0 Å². The van der Waals surface area contributed by atoms with Gasteiger partial charge in [0.2, 0.25) is 0 Å². The Kier molecular flexibility index (Phi) is 5.00. The van der Waals surface area contributed by atoms with Gasteiger partial charge in [-0.25, -0.2) is 0 Å². The van der Waals surface area contributed by atoms with Crippen LogP contribution in [0.3, 0.4) is 0 Å². The van der Waals surface area contributed by atoms with E-state index in [9.17, 15) is 9.13 Å². The van der Waals surface area contributed by atoms with Crippen LogP contribution in [0.5, 0.6) is 0 Å². The summed E-state index contributed by atoms with van der Waals surface area (Å²) >= 11 is 0. The Bertz CT molecular complexity index is 776. The molecule has 126 valence electrons. The zero-order valence-electron chi connectivity index (χ0n) is 14.3. The minimum atomic E-state index is -2.89. The number of hydrogen-bond donors (Lipinski definition) is 0. The molecule has 3 rings (SSSR count). The van der Waals surface area contributed by atoms with Crippen LogP contribution in [0.1, 0.15) is 19.3 Å². The third-order valence-electron chi connectivity index (χ3n) is 4.72. The van der Waals surface area contributed by atoms with Crippen molar-refractivity contribution in [2.75, 3.05) is 13.3 Å². The van der Waals surface area contributed by atoms with Gasteiger partial charge in [-0.05, 0) is 37.9 Å². The van der Waals surface area contributed by atoms with Crippen molar-refractivity contribution in [2.24, 2.45) is 0 Å². The Labute approximate surface area is 144 Å². The van der Waals surface area contributed by atoms with Crippen LogP contribution in [0.15, 0.2) is 72.1 Å². The van der Waals surface area contributed by atoms with Gasteiger partial charge in [-0.3, -0.25) is 0 Å². The van der Waals surface area contributed by atoms with E-state index in [2.05, 4.69) is 6.08 Å². The molecule has 4 heteroatoms. The molecule has 0 heterocycles. The lowest BCUT2D eigenvalue weighted by Crippen LogP contribution is -2.28. The highest BCUT2D eigenvalue weighted by Gasteiger charge is 2.42. The molecule has 0 aliphatic heterocycles. The number of allylic oxidation sites excluding steroid dienone is 2. The van der Waals surface area contributed by atoms with Crippen LogP contribution in [0.2, 0.25) is 0 Å². The molecule has 0 N–H and O–H groups in total. The number of hydrogen-bond acceptors (Lipinski definition) is 2. The second-order valence-electron chi connectivity index (χ2n) is 6.76. The first-order chi connectivity index (χ1) is 11.4. The van der Waals surface area contributed by atoms with Gasteiger partial charge in [0.25, 0.3) is 0 Å². The molecule has 1 unspecified atom stereocenters. The lowest BCUT2D eigenvalue weighted by Gasteiger charge is -2.34. The third kappa shape index (κ3) is 3.23. The summed E-state index contributed by atoms with van der Waals surface area (Å²) in [6.45, 7) is 3.61. The molecule has 0 saturated carbocycles. The van der Waals surface area contributed by atoms with Crippen LogP contribution in [0, 0.1) is 0 Å². The van der Waals surface area contributed by atoms with E-state index in [-0.39, 0.29) is 5.66 Å². The SMILES string of the molecule is CP(C)(=O)C1=CCCCC1P(=O)(c1ccccc1)c1ccccc1. The van der Waals surface area contributed by atoms with Gasteiger partial charge in [-0.15, -0.1) is 0 Å². The summed E-state index contributed by atoms with van der Waals surface area (Å²) < 4.78 is 27.4. The van der Waals surface area contributed by atoms with E-state index in [1.165, 1.54) is 0 Å². The zero-order chi connectivity index (χ0) is 17.2. The first-order valence-corrected chi connectivity index (χ1v) is 12.8. The topological polar surface area (TPSA) is 34.1 Å². The summed E-state index contributed by atoms with van der Waals surface area (Å²) in [5.41, 5.74) is -0.156. The van der Waals surface area contributed by atoms with Gasteiger partial charge in [0, 0.05) is 16.3 Å². The van der Waals surface area contributed by atoms with E-state index < -0.39 is 14.3 Å². The Morgan fingerprint density at radius 3 is 1.79 bits per heavy atom. The standard InChI is InChI=1S/C20H24O2P2/c1-23(2,21)19-15-9-10-16-20(19)24(22,17-11-5-3-6-12-17)18-13-7-4-8-14-18/h3-8,11-15,20H,9-10,16H2,1-2H3. The molecule has 1 aliphatic rings.